The van der Waals surface area contributed by atoms with Gasteiger partial charge in [0.15, 0.2) is 5.15 Å². The number of rotatable bonds is 4. The Hall–Kier alpha value is -1.61. The van der Waals surface area contributed by atoms with Crippen molar-refractivity contribution < 1.29 is 4.74 Å². The van der Waals surface area contributed by atoms with Crippen LogP contribution in [0.15, 0.2) is 36.5 Å². The molecule has 0 aliphatic rings. The highest BCUT2D eigenvalue weighted by atomic mass is 35.5. The van der Waals surface area contributed by atoms with Crippen LogP contribution in [0.4, 0.5) is 0 Å². The van der Waals surface area contributed by atoms with E-state index in [0.717, 1.165) is 17.7 Å². The molecule has 17 heavy (non-hydrogen) atoms. The van der Waals surface area contributed by atoms with Crippen LogP contribution in [-0.4, -0.2) is 9.97 Å². The van der Waals surface area contributed by atoms with Crippen molar-refractivity contribution in [2.24, 2.45) is 0 Å². The fourth-order valence-electron chi connectivity index (χ4n) is 1.46. The quantitative estimate of drug-likeness (QED) is 0.833. The Morgan fingerprint density at radius 1 is 1.24 bits per heavy atom. The van der Waals surface area contributed by atoms with Crippen molar-refractivity contribution >= 4 is 11.6 Å². The summed E-state index contributed by atoms with van der Waals surface area (Å²) in [5.41, 5.74) is 1.92. The van der Waals surface area contributed by atoms with Gasteiger partial charge in [-0.2, -0.15) is 4.98 Å². The van der Waals surface area contributed by atoms with E-state index < -0.39 is 0 Å². The molecule has 1 aromatic heterocycles. The zero-order chi connectivity index (χ0) is 12.1. The minimum atomic E-state index is 0.352. The highest BCUT2D eigenvalue weighted by Gasteiger charge is 2.06. The van der Waals surface area contributed by atoms with Crippen molar-refractivity contribution in [2.45, 2.75) is 20.0 Å². The van der Waals surface area contributed by atoms with Crippen LogP contribution in [0.25, 0.3) is 0 Å². The predicted octanol–water partition coefficient (Wildman–Crippen LogP) is 3.27. The van der Waals surface area contributed by atoms with E-state index >= 15 is 0 Å². The van der Waals surface area contributed by atoms with Gasteiger partial charge in [-0.05, 0) is 12.0 Å². The number of hydrogen-bond acceptors (Lipinski definition) is 3. The van der Waals surface area contributed by atoms with E-state index in [1.807, 2.05) is 37.3 Å². The molecule has 1 heterocycles. The molecule has 0 unspecified atom stereocenters. The van der Waals surface area contributed by atoms with E-state index in [2.05, 4.69) is 9.97 Å². The smallest absolute Gasteiger partial charge is 0.237 e. The zero-order valence-corrected chi connectivity index (χ0v) is 10.3. The molecule has 1 aromatic carbocycles. The molecule has 0 N–H and O–H groups in total. The molecule has 0 fully saturated rings. The number of benzene rings is 1. The number of halogens is 1. The van der Waals surface area contributed by atoms with Gasteiger partial charge in [0.2, 0.25) is 5.88 Å². The average Bonchev–Trinajstić information content (AvgIpc) is 2.38. The maximum atomic E-state index is 5.80. The molecule has 0 atom stereocenters. The van der Waals surface area contributed by atoms with Gasteiger partial charge in [0.05, 0.1) is 6.20 Å². The van der Waals surface area contributed by atoms with Gasteiger partial charge in [0, 0.05) is 0 Å². The Balaban J connectivity index is 2.11. The molecule has 4 heteroatoms. The lowest BCUT2D eigenvalue weighted by Crippen LogP contribution is -2.02. The van der Waals surface area contributed by atoms with Crippen LogP contribution < -0.4 is 4.74 Å². The van der Waals surface area contributed by atoms with Crippen molar-refractivity contribution in [1.82, 2.24) is 9.97 Å². The molecule has 2 rings (SSSR count). The summed E-state index contributed by atoms with van der Waals surface area (Å²) in [6, 6.07) is 9.93. The molecule has 3 nitrogen and oxygen atoms in total. The lowest BCUT2D eigenvalue weighted by Gasteiger charge is -2.08. The maximum absolute atomic E-state index is 5.80. The van der Waals surface area contributed by atoms with Gasteiger partial charge in [0.1, 0.15) is 12.3 Å². The Morgan fingerprint density at radius 2 is 2.00 bits per heavy atom. The molecular formula is C13H13ClN2O. The molecule has 0 saturated heterocycles. The Kier molecular flexibility index (Phi) is 3.94. The standard InChI is InChI=1S/C13H13ClN2O/c1-2-11-13(16-12(14)8-15-11)17-9-10-6-4-3-5-7-10/h3-8H,2,9H2,1H3. The van der Waals surface area contributed by atoms with E-state index in [4.69, 9.17) is 16.3 Å². The first-order valence-electron chi connectivity index (χ1n) is 5.47. The molecule has 0 amide bonds. The summed E-state index contributed by atoms with van der Waals surface area (Å²) in [6.07, 6.45) is 2.31. The first kappa shape index (κ1) is 11.9. The molecule has 0 aliphatic heterocycles. The van der Waals surface area contributed by atoms with Crippen LogP contribution in [0.1, 0.15) is 18.2 Å². The van der Waals surface area contributed by atoms with E-state index in [1.54, 1.807) is 0 Å². The summed E-state index contributed by atoms with van der Waals surface area (Å²) < 4.78 is 5.64. The second-order valence-electron chi connectivity index (χ2n) is 3.57. The Morgan fingerprint density at radius 3 is 2.71 bits per heavy atom. The monoisotopic (exact) mass is 248 g/mol. The lowest BCUT2D eigenvalue weighted by molar-refractivity contribution is 0.289. The summed E-state index contributed by atoms with van der Waals surface area (Å²) in [5.74, 6) is 0.517. The summed E-state index contributed by atoms with van der Waals surface area (Å²) in [7, 11) is 0. The average molecular weight is 249 g/mol. The summed E-state index contributed by atoms with van der Waals surface area (Å²) >= 11 is 5.80. The van der Waals surface area contributed by atoms with Crippen molar-refractivity contribution in [3.05, 3.63) is 52.9 Å². The van der Waals surface area contributed by atoms with Gasteiger partial charge in [-0.1, -0.05) is 48.9 Å². The normalized spacial score (nSPS) is 10.2. The largest absolute Gasteiger partial charge is 0.471 e. The fraction of sp³-hybridized carbons (Fsp3) is 0.231. The predicted molar refractivity (Wildman–Crippen MR) is 67.2 cm³/mol. The summed E-state index contributed by atoms with van der Waals surface area (Å²) in [4.78, 5) is 8.33. The van der Waals surface area contributed by atoms with Gasteiger partial charge in [-0.15, -0.1) is 0 Å². The van der Waals surface area contributed by atoms with Crippen LogP contribution in [0, 0.1) is 0 Å². The van der Waals surface area contributed by atoms with Crippen molar-refractivity contribution in [3.8, 4) is 5.88 Å². The third kappa shape index (κ3) is 3.17. The van der Waals surface area contributed by atoms with Gasteiger partial charge >= 0.3 is 0 Å². The molecule has 88 valence electrons. The Bertz CT molecular complexity index is 488. The molecular weight excluding hydrogens is 236 g/mol. The van der Waals surface area contributed by atoms with Crippen LogP contribution in [0.5, 0.6) is 5.88 Å². The van der Waals surface area contributed by atoms with E-state index in [1.165, 1.54) is 6.20 Å². The van der Waals surface area contributed by atoms with E-state index in [-0.39, 0.29) is 0 Å². The number of ether oxygens (including phenoxy) is 1. The minimum Gasteiger partial charge on any atom is -0.471 e. The third-order valence-electron chi connectivity index (χ3n) is 2.34. The summed E-state index contributed by atoms with van der Waals surface area (Å²) in [5, 5.41) is 0.352. The van der Waals surface area contributed by atoms with Crippen molar-refractivity contribution in [1.29, 1.82) is 0 Å². The van der Waals surface area contributed by atoms with Crippen LogP contribution in [0.2, 0.25) is 5.15 Å². The van der Waals surface area contributed by atoms with Gasteiger partial charge < -0.3 is 4.74 Å². The van der Waals surface area contributed by atoms with Gasteiger partial charge in [-0.25, -0.2) is 0 Å². The topological polar surface area (TPSA) is 35.0 Å². The maximum Gasteiger partial charge on any atom is 0.237 e. The third-order valence-corrected chi connectivity index (χ3v) is 2.52. The van der Waals surface area contributed by atoms with E-state index in [9.17, 15) is 0 Å². The van der Waals surface area contributed by atoms with Crippen LogP contribution in [0.3, 0.4) is 0 Å². The van der Waals surface area contributed by atoms with E-state index in [0.29, 0.717) is 17.6 Å². The van der Waals surface area contributed by atoms with Crippen LogP contribution >= 0.6 is 11.6 Å². The molecule has 0 aliphatic carbocycles. The fourth-order valence-corrected chi connectivity index (χ4v) is 1.59. The number of hydrogen-bond donors (Lipinski definition) is 0. The van der Waals surface area contributed by atoms with Crippen molar-refractivity contribution in [3.63, 3.8) is 0 Å². The minimum absolute atomic E-state index is 0.352. The van der Waals surface area contributed by atoms with Gasteiger partial charge in [-0.3, -0.25) is 4.98 Å². The highest BCUT2D eigenvalue weighted by Crippen LogP contribution is 2.17. The van der Waals surface area contributed by atoms with Crippen molar-refractivity contribution in [2.75, 3.05) is 0 Å². The second-order valence-corrected chi connectivity index (χ2v) is 3.96. The highest BCUT2D eigenvalue weighted by molar-refractivity contribution is 6.29. The second kappa shape index (κ2) is 5.64. The molecule has 0 bridgehead atoms. The number of aromatic nitrogens is 2. The summed E-state index contributed by atoms with van der Waals surface area (Å²) in [6.45, 7) is 2.48. The van der Waals surface area contributed by atoms with Crippen LogP contribution in [-0.2, 0) is 13.0 Å². The molecule has 2 aromatic rings. The Labute approximate surface area is 105 Å². The molecule has 0 saturated carbocycles. The number of aryl methyl sites for hydroxylation is 1. The first-order chi connectivity index (χ1) is 8.29. The lowest BCUT2D eigenvalue weighted by atomic mass is 10.2. The molecule has 0 spiro atoms. The first-order valence-corrected chi connectivity index (χ1v) is 5.85. The molecule has 0 radical (unpaired) electrons. The number of nitrogens with zero attached hydrogens (tertiary/aromatic N) is 2. The zero-order valence-electron chi connectivity index (χ0n) is 9.56. The SMILES string of the molecule is CCc1ncc(Cl)nc1OCc1ccccc1. The van der Waals surface area contributed by atoms with Gasteiger partial charge in [0.25, 0.3) is 0 Å².